The lowest BCUT2D eigenvalue weighted by Gasteiger charge is -2.32. The van der Waals surface area contributed by atoms with Gasteiger partial charge >= 0.3 is 0 Å². The number of benzene rings is 1. The number of amides is 4. The average molecular weight is 421 g/mol. The predicted octanol–water partition coefficient (Wildman–Crippen LogP) is 1.76. The van der Waals surface area contributed by atoms with Gasteiger partial charge in [0, 0.05) is 30.8 Å². The van der Waals surface area contributed by atoms with E-state index < -0.39 is 23.8 Å². The molecule has 9 heteroatoms. The molecule has 4 amide bonds. The lowest BCUT2D eigenvalue weighted by Crippen LogP contribution is -2.54. The molecule has 31 heavy (non-hydrogen) atoms. The van der Waals surface area contributed by atoms with Crippen LogP contribution in [0.2, 0.25) is 0 Å². The van der Waals surface area contributed by atoms with Crippen LogP contribution in [0, 0.1) is 0 Å². The number of hydrogen-bond donors (Lipinski definition) is 2. The number of nitrogens with one attached hydrogen (secondary N) is 2. The van der Waals surface area contributed by atoms with Crippen LogP contribution in [0.3, 0.4) is 0 Å². The summed E-state index contributed by atoms with van der Waals surface area (Å²) in [7, 11) is 0. The molecule has 3 aliphatic rings. The molecular formula is C22H23N5O4. The number of aromatic nitrogens is 2. The Morgan fingerprint density at radius 3 is 2.58 bits per heavy atom. The van der Waals surface area contributed by atoms with Gasteiger partial charge in [0.1, 0.15) is 6.04 Å². The van der Waals surface area contributed by atoms with Gasteiger partial charge in [-0.25, -0.2) is 0 Å². The topological polar surface area (TPSA) is 115 Å². The zero-order chi connectivity index (χ0) is 21.5. The predicted molar refractivity (Wildman–Crippen MR) is 110 cm³/mol. The lowest BCUT2D eigenvalue weighted by atomic mass is 10.0. The zero-order valence-electron chi connectivity index (χ0n) is 17.0. The number of nitrogens with zero attached hydrogens (tertiary/aromatic N) is 3. The van der Waals surface area contributed by atoms with Crippen LogP contribution >= 0.6 is 0 Å². The van der Waals surface area contributed by atoms with Crippen molar-refractivity contribution in [2.75, 3.05) is 4.90 Å². The van der Waals surface area contributed by atoms with Gasteiger partial charge in [0.15, 0.2) is 0 Å². The number of aromatic amines is 1. The third-order valence-corrected chi connectivity index (χ3v) is 6.43. The van der Waals surface area contributed by atoms with Gasteiger partial charge in [-0.3, -0.25) is 34.5 Å². The third-order valence-electron chi connectivity index (χ3n) is 6.43. The summed E-state index contributed by atoms with van der Waals surface area (Å²) in [6, 6.07) is 4.58. The molecule has 9 nitrogen and oxygen atoms in total. The monoisotopic (exact) mass is 421 g/mol. The highest BCUT2D eigenvalue weighted by atomic mass is 16.2. The second-order valence-corrected chi connectivity index (χ2v) is 8.32. The average Bonchev–Trinajstić information content (AvgIpc) is 3.50. The number of carbonyl (C=O) groups is 4. The minimum absolute atomic E-state index is 0.103. The van der Waals surface area contributed by atoms with E-state index in [1.807, 2.05) is 12.3 Å². The first-order valence-electron chi connectivity index (χ1n) is 10.6. The van der Waals surface area contributed by atoms with Crippen LogP contribution < -0.4 is 10.2 Å². The van der Waals surface area contributed by atoms with E-state index in [0.29, 0.717) is 23.4 Å². The molecule has 1 saturated heterocycles. The van der Waals surface area contributed by atoms with Crippen molar-refractivity contribution in [3.05, 3.63) is 47.3 Å². The molecule has 1 atom stereocenters. The minimum Gasteiger partial charge on any atom is -0.363 e. The molecule has 2 fully saturated rings. The molecule has 1 unspecified atom stereocenters. The molecule has 1 aliphatic carbocycles. The van der Waals surface area contributed by atoms with Gasteiger partial charge in [-0.2, -0.15) is 5.10 Å². The number of anilines is 1. The summed E-state index contributed by atoms with van der Waals surface area (Å²) in [5.74, 6) is -1.93. The van der Waals surface area contributed by atoms with Crippen molar-refractivity contribution in [3.8, 4) is 0 Å². The van der Waals surface area contributed by atoms with Crippen LogP contribution in [-0.2, 0) is 16.1 Å². The summed E-state index contributed by atoms with van der Waals surface area (Å²) in [5, 5.41) is 9.10. The van der Waals surface area contributed by atoms with Crippen molar-refractivity contribution < 1.29 is 19.2 Å². The minimum atomic E-state index is -0.966. The summed E-state index contributed by atoms with van der Waals surface area (Å²) >= 11 is 0. The van der Waals surface area contributed by atoms with Crippen molar-refractivity contribution in [2.45, 2.75) is 57.2 Å². The Labute approximate surface area is 178 Å². The fourth-order valence-corrected chi connectivity index (χ4v) is 4.92. The molecule has 2 N–H and O–H groups in total. The van der Waals surface area contributed by atoms with Crippen molar-refractivity contribution >= 4 is 29.3 Å². The quantitative estimate of drug-likeness (QED) is 0.711. The van der Waals surface area contributed by atoms with Gasteiger partial charge in [0.25, 0.3) is 11.8 Å². The first-order chi connectivity index (χ1) is 15.0. The van der Waals surface area contributed by atoms with E-state index in [2.05, 4.69) is 20.4 Å². The van der Waals surface area contributed by atoms with Crippen molar-refractivity contribution in [1.29, 1.82) is 0 Å². The maximum Gasteiger partial charge on any atom is 0.264 e. The number of H-pyrrole nitrogens is 1. The molecule has 0 bridgehead atoms. The van der Waals surface area contributed by atoms with Crippen LogP contribution in [-0.4, -0.2) is 50.8 Å². The van der Waals surface area contributed by atoms with Crippen molar-refractivity contribution in [2.24, 2.45) is 0 Å². The molecule has 2 aliphatic heterocycles. The standard InChI is InChI=1S/C22H23N5O4/c28-18-9-8-17(20(29)25-18)27-21(30)15-6-3-7-16(19(15)22(27)31)26(14-4-1-2-5-14)12-13-10-23-24-11-13/h3,6-7,10-11,14,17H,1-2,4-5,8-9,12H2,(H,23,24)(H,25,28,29). The second-order valence-electron chi connectivity index (χ2n) is 8.32. The van der Waals surface area contributed by atoms with E-state index in [-0.39, 0.29) is 24.8 Å². The maximum absolute atomic E-state index is 13.5. The molecule has 1 aromatic heterocycles. The van der Waals surface area contributed by atoms with Gasteiger partial charge in [0.05, 0.1) is 23.0 Å². The summed E-state index contributed by atoms with van der Waals surface area (Å²) in [5.41, 5.74) is 2.34. The summed E-state index contributed by atoms with van der Waals surface area (Å²) in [4.78, 5) is 53.7. The SMILES string of the molecule is O=C1CCC(N2C(=O)c3cccc(N(Cc4cn[nH]c4)C4CCCC4)c3C2=O)C(=O)N1. The van der Waals surface area contributed by atoms with Gasteiger partial charge < -0.3 is 4.90 Å². The number of carbonyl (C=O) groups excluding carboxylic acids is 4. The number of imide groups is 2. The van der Waals surface area contributed by atoms with Crippen LogP contribution in [0.5, 0.6) is 0 Å². The molecule has 1 saturated carbocycles. The van der Waals surface area contributed by atoms with Crippen LogP contribution in [0.1, 0.15) is 64.8 Å². The normalized spacial score (nSPS) is 21.5. The highest BCUT2D eigenvalue weighted by molar-refractivity contribution is 6.25. The Balaban J connectivity index is 1.53. The van der Waals surface area contributed by atoms with Crippen LogP contribution in [0.4, 0.5) is 5.69 Å². The summed E-state index contributed by atoms with van der Waals surface area (Å²) < 4.78 is 0. The summed E-state index contributed by atoms with van der Waals surface area (Å²) in [6.07, 6.45) is 8.11. The van der Waals surface area contributed by atoms with Gasteiger partial charge in [-0.1, -0.05) is 18.9 Å². The Hall–Kier alpha value is -3.49. The van der Waals surface area contributed by atoms with E-state index in [1.54, 1.807) is 18.3 Å². The Kier molecular flexibility index (Phi) is 4.80. The first kappa shape index (κ1) is 19.5. The molecule has 0 radical (unpaired) electrons. The van der Waals surface area contributed by atoms with E-state index in [9.17, 15) is 19.2 Å². The lowest BCUT2D eigenvalue weighted by molar-refractivity contribution is -0.136. The Morgan fingerprint density at radius 1 is 1.06 bits per heavy atom. The van der Waals surface area contributed by atoms with Crippen molar-refractivity contribution in [3.63, 3.8) is 0 Å². The highest BCUT2D eigenvalue weighted by Gasteiger charge is 2.46. The van der Waals surface area contributed by atoms with Crippen LogP contribution in [0.15, 0.2) is 30.6 Å². The second kappa shape index (κ2) is 7.64. The molecule has 1 aromatic carbocycles. The number of piperidine rings is 1. The fourth-order valence-electron chi connectivity index (χ4n) is 4.92. The fraction of sp³-hybridized carbons (Fsp3) is 0.409. The highest BCUT2D eigenvalue weighted by Crippen LogP contribution is 2.38. The first-order valence-corrected chi connectivity index (χ1v) is 10.6. The van der Waals surface area contributed by atoms with E-state index in [1.165, 1.54) is 0 Å². The Morgan fingerprint density at radius 2 is 1.87 bits per heavy atom. The van der Waals surface area contributed by atoms with E-state index >= 15 is 0 Å². The molecule has 3 heterocycles. The third kappa shape index (κ3) is 3.30. The molecule has 0 spiro atoms. The number of hydrogen-bond acceptors (Lipinski definition) is 6. The molecule has 160 valence electrons. The Bertz CT molecular complexity index is 1060. The smallest absolute Gasteiger partial charge is 0.264 e. The van der Waals surface area contributed by atoms with Gasteiger partial charge in [-0.05, 0) is 31.4 Å². The van der Waals surface area contributed by atoms with E-state index in [4.69, 9.17) is 0 Å². The largest absolute Gasteiger partial charge is 0.363 e. The number of fused-ring (bicyclic) bond motifs is 1. The van der Waals surface area contributed by atoms with Crippen molar-refractivity contribution in [1.82, 2.24) is 20.4 Å². The van der Waals surface area contributed by atoms with Gasteiger partial charge in [-0.15, -0.1) is 0 Å². The summed E-state index contributed by atoms with van der Waals surface area (Å²) in [6.45, 7) is 0.567. The van der Waals surface area contributed by atoms with E-state index in [0.717, 1.165) is 36.1 Å². The van der Waals surface area contributed by atoms with Crippen LogP contribution in [0.25, 0.3) is 0 Å². The van der Waals surface area contributed by atoms with Gasteiger partial charge in [0.2, 0.25) is 11.8 Å². The zero-order valence-corrected chi connectivity index (χ0v) is 17.0. The maximum atomic E-state index is 13.5. The molecular weight excluding hydrogens is 398 g/mol. The molecule has 2 aromatic rings. The molecule has 5 rings (SSSR count). The number of rotatable bonds is 5.